The first-order chi connectivity index (χ1) is 10.5. The monoisotopic (exact) mass is 297 g/mol. The molecule has 3 aromatic rings. The summed E-state index contributed by atoms with van der Waals surface area (Å²) < 4.78 is 1.14. The summed E-state index contributed by atoms with van der Waals surface area (Å²) in [5.41, 5.74) is -0.261. The molecule has 7 nitrogen and oxygen atoms in total. The Morgan fingerprint density at radius 1 is 1.27 bits per heavy atom. The fourth-order valence-corrected chi connectivity index (χ4v) is 2.36. The van der Waals surface area contributed by atoms with Gasteiger partial charge in [-0.15, -0.1) is 0 Å². The fraction of sp³-hybridized carbons (Fsp3) is 0.0667. The highest BCUT2D eigenvalue weighted by Gasteiger charge is 2.26. The normalized spacial score (nSPS) is 10.8. The van der Waals surface area contributed by atoms with Crippen LogP contribution in [0.5, 0.6) is 5.75 Å². The number of benzene rings is 1. The zero-order chi connectivity index (χ0) is 15.9. The van der Waals surface area contributed by atoms with Gasteiger partial charge in [0, 0.05) is 6.20 Å². The van der Waals surface area contributed by atoms with Crippen LogP contribution in [0.2, 0.25) is 0 Å². The minimum Gasteiger partial charge on any atom is -0.501 e. The predicted molar refractivity (Wildman–Crippen MR) is 80.4 cm³/mol. The van der Waals surface area contributed by atoms with Gasteiger partial charge in [0.2, 0.25) is 5.75 Å². The Morgan fingerprint density at radius 2 is 2.05 bits per heavy atom. The van der Waals surface area contributed by atoms with E-state index in [-0.39, 0.29) is 11.0 Å². The Labute approximate surface area is 124 Å². The van der Waals surface area contributed by atoms with Crippen molar-refractivity contribution in [3.8, 4) is 11.4 Å². The maximum Gasteiger partial charge on any atom is 0.376 e. The van der Waals surface area contributed by atoms with Gasteiger partial charge in [-0.1, -0.05) is 12.1 Å². The van der Waals surface area contributed by atoms with E-state index in [1.165, 1.54) is 18.3 Å². The molecule has 1 N–H and O–H groups in total. The lowest BCUT2D eigenvalue weighted by molar-refractivity contribution is -0.387. The molecule has 3 rings (SSSR count). The van der Waals surface area contributed by atoms with E-state index in [1.807, 2.05) is 13.0 Å². The van der Waals surface area contributed by atoms with Gasteiger partial charge in [0.15, 0.2) is 5.65 Å². The molecule has 0 bridgehead atoms. The molecule has 0 spiro atoms. The smallest absolute Gasteiger partial charge is 0.376 e. The minimum atomic E-state index is -0.917. The summed E-state index contributed by atoms with van der Waals surface area (Å²) in [5.74, 6) is -0.665. The van der Waals surface area contributed by atoms with E-state index < -0.39 is 21.9 Å². The highest BCUT2D eigenvalue weighted by molar-refractivity contribution is 5.87. The van der Waals surface area contributed by atoms with Crippen LogP contribution in [-0.4, -0.2) is 19.6 Å². The van der Waals surface area contributed by atoms with Crippen LogP contribution in [-0.2, 0) is 0 Å². The maximum absolute atomic E-state index is 12.5. The number of nitro groups is 1. The second-order valence-corrected chi connectivity index (χ2v) is 4.81. The van der Waals surface area contributed by atoms with Crippen molar-refractivity contribution in [3.05, 3.63) is 68.6 Å². The van der Waals surface area contributed by atoms with Crippen molar-refractivity contribution in [1.82, 2.24) is 9.55 Å². The first kappa shape index (κ1) is 13.7. The lowest BCUT2D eigenvalue weighted by atomic mass is 10.2. The van der Waals surface area contributed by atoms with Crippen molar-refractivity contribution in [2.24, 2.45) is 0 Å². The van der Waals surface area contributed by atoms with E-state index in [9.17, 15) is 20.0 Å². The first-order valence-electron chi connectivity index (χ1n) is 6.45. The fourth-order valence-electron chi connectivity index (χ4n) is 2.36. The molecule has 0 saturated heterocycles. The van der Waals surface area contributed by atoms with Gasteiger partial charge in [0.1, 0.15) is 0 Å². The second kappa shape index (κ2) is 4.96. The number of aromatic nitrogens is 2. The van der Waals surface area contributed by atoms with Crippen LogP contribution in [0, 0.1) is 17.0 Å². The van der Waals surface area contributed by atoms with Crippen molar-refractivity contribution < 1.29 is 10.0 Å². The third kappa shape index (κ3) is 1.99. The number of nitrogens with zero attached hydrogens (tertiary/aromatic N) is 3. The molecule has 7 heteroatoms. The largest absolute Gasteiger partial charge is 0.501 e. The zero-order valence-electron chi connectivity index (χ0n) is 11.6. The van der Waals surface area contributed by atoms with Crippen molar-refractivity contribution in [2.75, 3.05) is 0 Å². The van der Waals surface area contributed by atoms with Crippen LogP contribution < -0.4 is 5.56 Å². The average Bonchev–Trinajstić information content (AvgIpc) is 2.47. The maximum atomic E-state index is 12.5. The van der Waals surface area contributed by atoms with E-state index in [4.69, 9.17) is 0 Å². The number of rotatable bonds is 2. The van der Waals surface area contributed by atoms with Crippen molar-refractivity contribution in [1.29, 1.82) is 0 Å². The first-order valence-corrected chi connectivity index (χ1v) is 6.45. The third-order valence-electron chi connectivity index (χ3n) is 3.33. The van der Waals surface area contributed by atoms with E-state index in [1.54, 1.807) is 18.2 Å². The van der Waals surface area contributed by atoms with Crippen LogP contribution in [0.25, 0.3) is 16.7 Å². The average molecular weight is 297 g/mol. The molecular weight excluding hydrogens is 286 g/mol. The van der Waals surface area contributed by atoms with Gasteiger partial charge in [-0.2, -0.15) is 0 Å². The van der Waals surface area contributed by atoms with Crippen LogP contribution in [0.4, 0.5) is 5.69 Å². The zero-order valence-corrected chi connectivity index (χ0v) is 11.6. The van der Waals surface area contributed by atoms with E-state index in [0.717, 1.165) is 10.1 Å². The third-order valence-corrected chi connectivity index (χ3v) is 3.33. The molecule has 110 valence electrons. The van der Waals surface area contributed by atoms with Gasteiger partial charge >= 0.3 is 11.2 Å². The van der Waals surface area contributed by atoms with Crippen LogP contribution >= 0.6 is 0 Å². The Balaban J connectivity index is 2.53. The van der Waals surface area contributed by atoms with E-state index in [0.29, 0.717) is 5.69 Å². The molecule has 0 saturated carbocycles. The summed E-state index contributed by atoms with van der Waals surface area (Å²) in [6.45, 7) is 1.85. The van der Waals surface area contributed by atoms with Gasteiger partial charge in [0.25, 0.3) is 0 Å². The number of pyridine rings is 2. The summed E-state index contributed by atoms with van der Waals surface area (Å²) in [6, 6.07) is 9.98. The molecule has 2 aromatic heterocycles. The summed E-state index contributed by atoms with van der Waals surface area (Å²) in [7, 11) is 0. The van der Waals surface area contributed by atoms with Crippen molar-refractivity contribution >= 4 is 16.7 Å². The molecule has 22 heavy (non-hydrogen) atoms. The van der Waals surface area contributed by atoms with Crippen LogP contribution in [0.3, 0.4) is 0 Å². The molecular formula is C15H11N3O4. The minimum absolute atomic E-state index is 0.148. The van der Waals surface area contributed by atoms with E-state index >= 15 is 0 Å². The molecule has 0 aliphatic carbocycles. The quantitative estimate of drug-likeness (QED) is 0.578. The van der Waals surface area contributed by atoms with Gasteiger partial charge in [-0.25, -0.2) is 4.98 Å². The van der Waals surface area contributed by atoms with Gasteiger partial charge in [0.05, 0.1) is 16.0 Å². The van der Waals surface area contributed by atoms with Gasteiger partial charge in [-0.05, 0) is 36.8 Å². The van der Waals surface area contributed by atoms with Crippen LogP contribution in [0.1, 0.15) is 5.56 Å². The molecule has 0 fully saturated rings. The Hall–Kier alpha value is -3.22. The SMILES string of the molecule is Cc1cccc(-n2c(=O)c([N+](=O)[O-])c(O)c3cccnc32)c1. The molecule has 0 radical (unpaired) electrons. The number of hydrogen-bond acceptors (Lipinski definition) is 5. The Bertz CT molecular complexity index is 963. The molecule has 1 aromatic carbocycles. The summed E-state index contributed by atoms with van der Waals surface area (Å²) in [6.07, 6.45) is 1.46. The standard InChI is InChI=1S/C15H11N3O4/c1-9-4-2-5-10(8-9)17-14-11(6-3-7-16-14)13(19)12(15(17)20)18(21)22/h2-8,19H,1H3. The van der Waals surface area contributed by atoms with Gasteiger partial charge < -0.3 is 5.11 Å². The van der Waals surface area contributed by atoms with Crippen molar-refractivity contribution in [2.45, 2.75) is 6.92 Å². The predicted octanol–water partition coefficient (Wildman–Crippen LogP) is 2.31. The molecule has 0 aliphatic rings. The van der Waals surface area contributed by atoms with E-state index in [2.05, 4.69) is 4.98 Å². The molecule has 0 amide bonds. The second-order valence-electron chi connectivity index (χ2n) is 4.81. The molecule has 0 atom stereocenters. The highest BCUT2D eigenvalue weighted by Crippen LogP contribution is 2.31. The molecule has 0 unspecified atom stereocenters. The summed E-state index contributed by atoms with van der Waals surface area (Å²) in [4.78, 5) is 26.8. The summed E-state index contributed by atoms with van der Waals surface area (Å²) in [5, 5.41) is 21.3. The lowest BCUT2D eigenvalue weighted by Gasteiger charge is -2.11. The molecule has 2 heterocycles. The van der Waals surface area contributed by atoms with Crippen LogP contribution in [0.15, 0.2) is 47.4 Å². The Morgan fingerprint density at radius 3 is 2.73 bits per heavy atom. The lowest BCUT2D eigenvalue weighted by Crippen LogP contribution is -2.22. The topological polar surface area (TPSA) is 98.3 Å². The number of aromatic hydroxyl groups is 1. The number of aryl methyl sites for hydroxylation is 1. The van der Waals surface area contributed by atoms with Crippen molar-refractivity contribution in [3.63, 3.8) is 0 Å². The highest BCUT2D eigenvalue weighted by atomic mass is 16.6. The molecule has 0 aliphatic heterocycles. The number of fused-ring (bicyclic) bond motifs is 1. The number of hydrogen-bond donors (Lipinski definition) is 1. The Kier molecular flexibility index (Phi) is 3.10. The summed E-state index contributed by atoms with van der Waals surface area (Å²) >= 11 is 0. The van der Waals surface area contributed by atoms with Gasteiger partial charge in [-0.3, -0.25) is 19.5 Å².